The second-order valence-corrected chi connectivity index (χ2v) is 6.59. The molecule has 1 atom stereocenters. The Balaban J connectivity index is 2.13. The molecule has 1 aliphatic heterocycles. The molecule has 3 nitrogen and oxygen atoms in total. The number of nitrogens with one attached hydrogen (secondary N) is 1. The van der Waals surface area contributed by atoms with Crippen molar-refractivity contribution in [1.82, 2.24) is 10.2 Å². The number of likely N-dealkylation sites (N-methyl/N-ethyl adjacent to an activating group) is 1. The summed E-state index contributed by atoms with van der Waals surface area (Å²) in [4.78, 5) is 4.87. The zero-order valence-electron chi connectivity index (χ0n) is 13.5. The highest BCUT2D eigenvalue weighted by Gasteiger charge is 2.23. The molecule has 4 heteroatoms. The lowest BCUT2D eigenvalue weighted by molar-refractivity contribution is 0.258. The van der Waals surface area contributed by atoms with Crippen LogP contribution in [0.2, 0.25) is 5.02 Å². The van der Waals surface area contributed by atoms with E-state index in [1.807, 2.05) is 6.07 Å². The Morgan fingerprint density at radius 1 is 1.38 bits per heavy atom. The van der Waals surface area contributed by atoms with E-state index in [0.717, 1.165) is 37.6 Å². The van der Waals surface area contributed by atoms with Gasteiger partial charge in [-0.3, -0.25) is 0 Å². The van der Waals surface area contributed by atoms with Crippen LogP contribution in [-0.4, -0.2) is 44.7 Å². The third-order valence-electron chi connectivity index (χ3n) is 4.25. The van der Waals surface area contributed by atoms with Gasteiger partial charge in [-0.25, -0.2) is 0 Å². The van der Waals surface area contributed by atoms with Gasteiger partial charge in [0.05, 0.1) is 0 Å². The van der Waals surface area contributed by atoms with Gasteiger partial charge >= 0.3 is 0 Å². The molecule has 118 valence electrons. The minimum Gasteiger partial charge on any atom is -0.370 e. The summed E-state index contributed by atoms with van der Waals surface area (Å²) in [6, 6.07) is 6.95. The molecule has 0 bridgehead atoms. The number of hydrogen-bond donors (Lipinski definition) is 1. The van der Waals surface area contributed by atoms with Crippen molar-refractivity contribution >= 4 is 17.3 Å². The lowest BCUT2D eigenvalue weighted by Crippen LogP contribution is -2.45. The largest absolute Gasteiger partial charge is 0.370 e. The fraction of sp³-hybridized carbons (Fsp3) is 0.647. The molecular formula is C17H28ClN3. The van der Waals surface area contributed by atoms with E-state index >= 15 is 0 Å². The van der Waals surface area contributed by atoms with Crippen LogP contribution in [0.5, 0.6) is 0 Å². The highest BCUT2D eigenvalue weighted by Crippen LogP contribution is 2.28. The van der Waals surface area contributed by atoms with E-state index in [0.29, 0.717) is 6.04 Å². The SMILES string of the molecule is CCCNCc1cc(Cl)ccc1N1CCCC(N(C)C)C1. The smallest absolute Gasteiger partial charge is 0.0413 e. The molecular weight excluding hydrogens is 282 g/mol. The van der Waals surface area contributed by atoms with Gasteiger partial charge in [0, 0.05) is 36.4 Å². The molecule has 1 heterocycles. The predicted molar refractivity (Wildman–Crippen MR) is 92.4 cm³/mol. The molecule has 1 aromatic carbocycles. The van der Waals surface area contributed by atoms with E-state index in [-0.39, 0.29) is 0 Å². The number of benzene rings is 1. The first-order valence-electron chi connectivity index (χ1n) is 8.02. The van der Waals surface area contributed by atoms with Gasteiger partial charge in [-0.1, -0.05) is 18.5 Å². The predicted octanol–water partition coefficient (Wildman–Crippen LogP) is 3.37. The summed E-state index contributed by atoms with van der Waals surface area (Å²) in [7, 11) is 4.36. The fourth-order valence-electron chi connectivity index (χ4n) is 3.00. The van der Waals surface area contributed by atoms with Crippen LogP contribution in [0.25, 0.3) is 0 Å². The Morgan fingerprint density at radius 2 is 2.19 bits per heavy atom. The van der Waals surface area contributed by atoms with Gasteiger partial charge in [-0.2, -0.15) is 0 Å². The Morgan fingerprint density at radius 3 is 2.90 bits per heavy atom. The molecule has 0 saturated carbocycles. The average molecular weight is 310 g/mol. The van der Waals surface area contributed by atoms with Gasteiger partial charge in [0.2, 0.25) is 0 Å². The van der Waals surface area contributed by atoms with Gasteiger partial charge in [0.15, 0.2) is 0 Å². The molecule has 0 radical (unpaired) electrons. The van der Waals surface area contributed by atoms with Crippen LogP contribution in [0, 0.1) is 0 Å². The molecule has 1 unspecified atom stereocenters. The molecule has 1 aliphatic rings. The second kappa shape index (κ2) is 8.02. The number of rotatable bonds is 6. The number of nitrogens with zero attached hydrogens (tertiary/aromatic N) is 2. The van der Waals surface area contributed by atoms with Gasteiger partial charge in [-0.05, 0) is 63.7 Å². The van der Waals surface area contributed by atoms with E-state index in [2.05, 4.69) is 48.3 Å². The highest BCUT2D eigenvalue weighted by molar-refractivity contribution is 6.30. The number of hydrogen-bond acceptors (Lipinski definition) is 3. The van der Waals surface area contributed by atoms with Gasteiger partial charge in [-0.15, -0.1) is 0 Å². The second-order valence-electron chi connectivity index (χ2n) is 6.16. The minimum absolute atomic E-state index is 0.644. The maximum Gasteiger partial charge on any atom is 0.0413 e. The van der Waals surface area contributed by atoms with Crippen molar-refractivity contribution in [2.24, 2.45) is 0 Å². The maximum absolute atomic E-state index is 6.19. The van der Waals surface area contributed by atoms with Crippen LogP contribution < -0.4 is 10.2 Å². The molecule has 1 saturated heterocycles. The lowest BCUT2D eigenvalue weighted by Gasteiger charge is -2.38. The third-order valence-corrected chi connectivity index (χ3v) is 4.49. The maximum atomic E-state index is 6.19. The summed E-state index contributed by atoms with van der Waals surface area (Å²) in [5, 5.41) is 4.32. The monoisotopic (exact) mass is 309 g/mol. The van der Waals surface area contributed by atoms with Crippen LogP contribution in [-0.2, 0) is 6.54 Å². The first-order valence-corrected chi connectivity index (χ1v) is 8.40. The van der Waals surface area contributed by atoms with E-state index in [9.17, 15) is 0 Å². The highest BCUT2D eigenvalue weighted by atomic mass is 35.5. The van der Waals surface area contributed by atoms with E-state index in [1.165, 1.54) is 24.1 Å². The zero-order valence-corrected chi connectivity index (χ0v) is 14.3. The van der Waals surface area contributed by atoms with Crippen LogP contribution in [0.15, 0.2) is 18.2 Å². The third kappa shape index (κ3) is 4.60. The van der Waals surface area contributed by atoms with Crippen molar-refractivity contribution in [3.05, 3.63) is 28.8 Å². The normalized spacial score (nSPS) is 19.3. The molecule has 21 heavy (non-hydrogen) atoms. The van der Waals surface area contributed by atoms with E-state index < -0.39 is 0 Å². The van der Waals surface area contributed by atoms with Crippen molar-refractivity contribution in [1.29, 1.82) is 0 Å². The Bertz CT molecular complexity index is 448. The minimum atomic E-state index is 0.644. The quantitative estimate of drug-likeness (QED) is 0.813. The Labute approximate surface area is 134 Å². The lowest BCUT2D eigenvalue weighted by atomic mass is 10.0. The van der Waals surface area contributed by atoms with Gasteiger partial charge < -0.3 is 15.1 Å². The Kier molecular flexibility index (Phi) is 6.34. The topological polar surface area (TPSA) is 18.5 Å². The summed E-state index contributed by atoms with van der Waals surface area (Å²) in [6.07, 6.45) is 3.70. The standard InChI is InChI=1S/C17H28ClN3/c1-4-9-19-12-14-11-15(18)7-8-17(14)21-10-5-6-16(13-21)20(2)3/h7-8,11,16,19H,4-6,9-10,12-13H2,1-3H3. The average Bonchev–Trinajstić information content (AvgIpc) is 2.48. The molecule has 0 aliphatic carbocycles. The van der Waals surface area contributed by atoms with Gasteiger partial charge in [0.25, 0.3) is 0 Å². The van der Waals surface area contributed by atoms with E-state index in [4.69, 9.17) is 11.6 Å². The summed E-state index contributed by atoms with van der Waals surface area (Å²) in [6.45, 7) is 6.39. The summed E-state index contributed by atoms with van der Waals surface area (Å²) in [5.41, 5.74) is 2.66. The van der Waals surface area contributed by atoms with Crippen LogP contribution >= 0.6 is 11.6 Å². The van der Waals surface area contributed by atoms with Crippen molar-refractivity contribution in [2.75, 3.05) is 38.6 Å². The first kappa shape index (κ1) is 16.6. The summed E-state index contributed by atoms with van der Waals surface area (Å²) in [5.74, 6) is 0. The van der Waals surface area contributed by atoms with Gasteiger partial charge in [0.1, 0.15) is 0 Å². The molecule has 1 fully saturated rings. The number of piperidine rings is 1. The number of anilines is 1. The molecule has 0 spiro atoms. The molecule has 0 aromatic heterocycles. The fourth-order valence-corrected chi connectivity index (χ4v) is 3.19. The summed E-state index contributed by atoms with van der Waals surface area (Å²) >= 11 is 6.19. The van der Waals surface area contributed by atoms with Crippen LogP contribution in [0.3, 0.4) is 0 Å². The number of halogens is 1. The summed E-state index contributed by atoms with van der Waals surface area (Å²) < 4.78 is 0. The molecule has 2 rings (SSSR count). The molecule has 0 amide bonds. The van der Waals surface area contributed by atoms with Crippen molar-refractivity contribution < 1.29 is 0 Å². The Hall–Kier alpha value is -0.770. The van der Waals surface area contributed by atoms with Crippen molar-refractivity contribution in [3.8, 4) is 0 Å². The van der Waals surface area contributed by atoms with E-state index in [1.54, 1.807) is 0 Å². The first-order chi connectivity index (χ1) is 10.1. The molecule has 1 N–H and O–H groups in total. The van der Waals surface area contributed by atoms with Crippen LogP contribution in [0.4, 0.5) is 5.69 Å². The van der Waals surface area contributed by atoms with Crippen molar-refractivity contribution in [2.45, 2.75) is 38.8 Å². The van der Waals surface area contributed by atoms with Crippen LogP contribution in [0.1, 0.15) is 31.7 Å². The zero-order chi connectivity index (χ0) is 15.2. The van der Waals surface area contributed by atoms with Crippen molar-refractivity contribution in [3.63, 3.8) is 0 Å². The molecule has 1 aromatic rings.